The Bertz CT molecular complexity index is 1280. The normalized spacial score (nSPS) is 15.6. The average molecular weight is 515 g/mol. The Kier molecular flexibility index (Phi) is 7.87. The SMILES string of the molecule is Nc1ncc(-c2cccc(C(=O)NCc3ccccc3OC(F)(F)F)c2)nc1C(=O)NC1CCCNC1. The fourth-order valence-corrected chi connectivity index (χ4v) is 3.90. The van der Waals surface area contributed by atoms with Gasteiger partial charge in [-0.2, -0.15) is 0 Å². The van der Waals surface area contributed by atoms with Gasteiger partial charge in [0, 0.05) is 35.8 Å². The first-order chi connectivity index (χ1) is 17.7. The van der Waals surface area contributed by atoms with E-state index in [-0.39, 0.29) is 35.2 Å². The standard InChI is InChI=1S/C25H25F3N6O3/c26-25(27,28)37-20-9-2-1-5-17(20)12-32-23(35)16-7-3-6-15(11-16)19-14-31-22(29)21(34-19)24(36)33-18-8-4-10-30-13-18/h1-3,5-7,9,11,14,18,30H,4,8,10,12-13H2,(H2,29,31)(H,32,35)(H,33,36). The van der Waals surface area contributed by atoms with E-state index < -0.39 is 23.9 Å². The Morgan fingerprint density at radius 3 is 2.70 bits per heavy atom. The quantitative estimate of drug-likeness (QED) is 0.381. The number of carbonyl (C=O) groups is 2. The van der Waals surface area contributed by atoms with Crippen LogP contribution < -0.4 is 26.4 Å². The predicted molar refractivity (Wildman–Crippen MR) is 130 cm³/mol. The number of para-hydroxylation sites is 1. The summed E-state index contributed by atoms with van der Waals surface area (Å²) < 4.78 is 42.0. The minimum Gasteiger partial charge on any atom is -0.405 e. The van der Waals surface area contributed by atoms with E-state index in [4.69, 9.17) is 5.73 Å². The maximum Gasteiger partial charge on any atom is 0.573 e. The highest BCUT2D eigenvalue weighted by molar-refractivity contribution is 5.97. The van der Waals surface area contributed by atoms with Crippen molar-refractivity contribution in [2.45, 2.75) is 31.8 Å². The Labute approximate surface area is 210 Å². The first-order valence-electron chi connectivity index (χ1n) is 11.6. The molecule has 3 aromatic rings. The average Bonchev–Trinajstić information content (AvgIpc) is 2.88. The van der Waals surface area contributed by atoms with Gasteiger partial charge in [0.1, 0.15) is 5.75 Å². The lowest BCUT2D eigenvalue weighted by molar-refractivity contribution is -0.274. The number of nitrogens with two attached hydrogens (primary N) is 1. The van der Waals surface area contributed by atoms with Crippen LogP contribution in [0.25, 0.3) is 11.3 Å². The van der Waals surface area contributed by atoms with E-state index in [2.05, 4.69) is 30.7 Å². The molecule has 1 fully saturated rings. The minimum atomic E-state index is -4.85. The van der Waals surface area contributed by atoms with Crippen molar-refractivity contribution in [2.24, 2.45) is 0 Å². The molecule has 37 heavy (non-hydrogen) atoms. The molecule has 0 radical (unpaired) electrons. The summed E-state index contributed by atoms with van der Waals surface area (Å²) in [7, 11) is 0. The van der Waals surface area contributed by atoms with Gasteiger partial charge in [-0.25, -0.2) is 9.97 Å². The van der Waals surface area contributed by atoms with Crippen LogP contribution in [0.1, 0.15) is 39.3 Å². The summed E-state index contributed by atoms with van der Waals surface area (Å²) in [5.74, 6) is -1.36. The van der Waals surface area contributed by atoms with E-state index in [0.717, 1.165) is 19.4 Å². The van der Waals surface area contributed by atoms with Crippen LogP contribution in [-0.4, -0.2) is 47.3 Å². The number of aromatic nitrogens is 2. The van der Waals surface area contributed by atoms with Crippen LogP contribution in [0.3, 0.4) is 0 Å². The molecule has 0 aliphatic carbocycles. The molecule has 5 N–H and O–H groups in total. The molecule has 2 heterocycles. The first kappa shape index (κ1) is 25.9. The number of alkyl halides is 3. The van der Waals surface area contributed by atoms with Crippen molar-refractivity contribution in [3.8, 4) is 17.0 Å². The number of hydrogen-bond donors (Lipinski definition) is 4. The third kappa shape index (κ3) is 6.94. The lowest BCUT2D eigenvalue weighted by Gasteiger charge is -2.23. The molecule has 4 rings (SSSR count). The zero-order valence-corrected chi connectivity index (χ0v) is 19.6. The molecular weight excluding hydrogens is 489 g/mol. The zero-order chi connectivity index (χ0) is 26.4. The monoisotopic (exact) mass is 514 g/mol. The van der Waals surface area contributed by atoms with Crippen molar-refractivity contribution in [3.05, 3.63) is 71.5 Å². The van der Waals surface area contributed by atoms with Gasteiger partial charge in [0.05, 0.1) is 11.9 Å². The third-order valence-corrected chi connectivity index (χ3v) is 5.71. The predicted octanol–water partition coefficient (Wildman–Crippen LogP) is 3.04. The van der Waals surface area contributed by atoms with Crippen LogP contribution in [0.4, 0.5) is 19.0 Å². The summed E-state index contributed by atoms with van der Waals surface area (Å²) in [5, 5.41) is 8.72. The summed E-state index contributed by atoms with van der Waals surface area (Å²) in [4.78, 5) is 34.0. The minimum absolute atomic E-state index is 0.0146. The molecule has 1 saturated heterocycles. The van der Waals surface area contributed by atoms with E-state index in [1.54, 1.807) is 30.3 Å². The van der Waals surface area contributed by atoms with E-state index in [1.807, 2.05) is 0 Å². The molecule has 0 spiro atoms. The molecule has 9 nitrogen and oxygen atoms in total. The number of halogens is 3. The van der Waals surface area contributed by atoms with E-state index in [1.165, 1.54) is 24.4 Å². The molecule has 0 bridgehead atoms. The highest BCUT2D eigenvalue weighted by atomic mass is 19.4. The Balaban J connectivity index is 1.47. The maximum atomic E-state index is 12.8. The van der Waals surface area contributed by atoms with Gasteiger partial charge < -0.3 is 26.4 Å². The summed E-state index contributed by atoms with van der Waals surface area (Å²) in [6.45, 7) is 1.38. The van der Waals surface area contributed by atoms with Crippen LogP contribution in [0.2, 0.25) is 0 Å². The van der Waals surface area contributed by atoms with Gasteiger partial charge >= 0.3 is 6.36 Å². The van der Waals surface area contributed by atoms with Crippen molar-refractivity contribution in [1.29, 1.82) is 0 Å². The smallest absolute Gasteiger partial charge is 0.405 e. The summed E-state index contributed by atoms with van der Waals surface area (Å²) in [6.07, 6.45) is -1.66. The van der Waals surface area contributed by atoms with Crippen LogP contribution >= 0.6 is 0 Å². The number of benzene rings is 2. The lowest BCUT2D eigenvalue weighted by atomic mass is 10.1. The largest absolute Gasteiger partial charge is 0.573 e. The van der Waals surface area contributed by atoms with Crippen LogP contribution in [0, 0.1) is 0 Å². The molecule has 1 aliphatic rings. The number of hydrogen-bond acceptors (Lipinski definition) is 7. The number of amides is 2. The van der Waals surface area contributed by atoms with Gasteiger partial charge in [0.2, 0.25) is 0 Å². The third-order valence-electron chi connectivity index (χ3n) is 5.71. The number of anilines is 1. The number of nitrogens with one attached hydrogen (secondary N) is 3. The van der Waals surface area contributed by atoms with Crippen LogP contribution in [-0.2, 0) is 6.54 Å². The van der Waals surface area contributed by atoms with E-state index in [9.17, 15) is 22.8 Å². The second kappa shape index (κ2) is 11.2. The van der Waals surface area contributed by atoms with Gasteiger partial charge in [-0.05, 0) is 37.6 Å². The molecule has 2 aromatic carbocycles. The molecule has 194 valence electrons. The zero-order valence-electron chi connectivity index (χ0n) is 19.6. The molecule has 1 unspecified atom stereocenters. The fraction of sp³-hybridized carbons (Fsp3) is 0.280. The number of rotatable bonds is 7. The van der Waals surface area contributed by atoms with E-state index in [0.29, 0.717) is 17.8 Å². The molecule has 12 heteroatoms. The van der Waals surface area contributed by atoms with Gasteiger partial charge in [0.15, 0.2) is 11.5 Å². The van der Waals surface area contributed by atoms with Gasteiger partial charge in [-0.15, -0.1) is 13.2 Å². The van der Waals surface area contributed by atoms with E-state index >= 15 is 0 Å². The number of ether oxygens (including phenoxy) is 1. The molecule has 2 amide bonds. The first-order valence-corrected chi connectivity index (χ1v) is 11.6. The van der Waals surface area contributed by atoms with Crippen LogP contribution in [0.15, 0.2) is 54.7 Å². The van der Waals surface area contributed by atoms with Crippen molar-refractivity contribution in [3.63, 3.8) is 0 Å². The number of carbonyl (C=O) groups excluding carboxylic acids is 2. The van der Waals surface area contributed by atoms with Crippen molar-refractivity contribution >= 4 is 17.6 Å². The highest BCUT2D eigenvalue weighted by Crippen LogP contribution is 2.26. The Morgan fingerprint density at radius 2 is 1.95 bits per heavy atom. The molecular formula is C25H25F3N6O3. The second-order valence-corrected chi connectivity index (χ2v) is 8.42. The molecule has 1 atom stereocenters. The Morgan fingerprint density at radius 1 is 1.14 bits per heavy atom. The molecule has 1 aromatic heterocycles. The Hall–Kier alpha value is -4.19. The van der Waals surface area contributed by atoms with Crippen molar-refractivity contribution < 1.29 is 27.5 Å². The highest BCUT2D eigenvalue weighted by Gasteiger charge is 2.32. The van der Waals surface area contributed by atoms with Gasteiger partial charge in [0.25, 0.3) is 11.8 Å². The number of nitrogens with zero attached hydrogens (tertiary/aromatic N) is 2. The van der Waals surface area contributed by atoms with Gasteiger partial charge in [-0.1, -0.05) is 30.3 Å². The summed E-state index contributed by atoms with van der Waals surface area (Å²) >= 11 is 0. The van der Waals surface area contributed by atoms with Gasteiger partial charge in [-0.3, -0.25) is 9.59 Å². The molecule has 0 saturated carbocycles. The fourth-order valence-electron chi connectivity index (χ4n) is 3.90. The topological polar surface area (TPSA) is 131 Å². The maximum absolute atomic E-state index is 12.8. The van der Waals surface area contributed by atoms with Crippen molar-refractivity contribution in [1.82, 2.24) is 25.9 Å². The number of piperidine rings is 1. The molecule has 1 aliphatic heterocycles. The summed E-state index contributed by atoms with van der Waals surface area (Å²) in [5.41, 5.74) is 7.13. The van der Waals surface area contributed by atoms with Crippen molar-refractivity contribution in [2.75, 3.05) is 18.8 Å². The number of nitrogen functional groups attached to an aromatic ring is 1. The lowest BCUT2D eigenvalue weighted by Crippen LogP contribution is -2.46. The van der Waals surface area contributed by atoms with Crippen LogP contribution in [0.5, 0.6) is 5.75 Å². The summed E-state index contributed by atoms with van der Waals surface area (Å²) in [6, 6.07) is 11.9. The second-order valence-electron chi connectivity index (χ2n) is 8.42.